The highest BCUT2D eigenvalue weighted by molar-refractivity contribution is 6.30. The first-order valence-corrected chi connectivity index (χ1v) is 13.0. The minimum Gasteiger partial charge on any atom is -0.493 e. The van der Waals surface area contributed by atoms with E-state index in [9.17, 15) is 14.0 Å². The lowest BCUT2D eigenvalue weighted by Gasteiger charge is -2.47. The molecular weight excluding hydrogens is 545 g/mol. The lowest BCUT2D eigenvalue weighted by molar-refractivity contribution is -0.145. The summed E-state index contributed by atoms with van der Waals surface area (Å²) in [5, 5.41) is 6.41. The molecule has 2 aromatic heterocycles. The summed E-state index contributed by atoms with van der Waals surface area (Å²) >= 11 is 5.84. The van der Waals surface area contributed by atoms with E-state index in [1.54, 1.807) is 48.5 Å². The molecule has 4 heterocycles. The van der Waals surface area contributed by atoms with E-state index >= 15 is 0 Å². The van der Waals surface area contributed by atoms with Gasteiger partial charge in [-0.05, 0) is 30.3 Å². The van der Waals surface area contributed by atoms with Gasteiger partial charge in [-0.2, -0.15) is 4.39 Å². The topological polar surface area (TPSA) is 117 Å². The molecule has 2 aliphatic heterocycles. The Morgan fingerprint density at radius 3 is 2.73 bits per heavy atom. The summed E-state index contributed by atoms with van der Waals surface area (Å²) in [6.45, 7) is 4.96. The molecule has 13 heteroatoms. The van der Waals surface area contributed by atoms with E-state index < -0.39 is 5.95 Å². The van der Waals surface area contributed by atoms with Gasteiger partial charge in [0, 0.05) is 42.2 Å². The second-order valence-corrected chi connectivity index (χ2v) is 10.2. The van der Waals surface area contributed by atoms with Gasteiger partial charge in [-0.25, -0.2) is 4.98 Å². The van der Waals surface area contributed by atoms with Gasteiger partial charge in [0.05, 0.1) is 33.1 Å². The van der Waals surface area contributed by atoms with Crippen LogP contribution in [0.25, 0.3) is 0 Å². The van der Waals surface area contributed by atoms with E-state index in [4.69, 9.17) is 30.5 Å². The average Bonchev–Trinajstić information content (AvgIpc) is 3.56. The number of nitrogens with zero attached hydrogens (tertiary/aromatic N) is 4. The zero-order valence-corrected chi connectivity index (χ0v) is 23.0. The number of anilines is 1. The zero-order valence-electron chi connectivity index (χ0n) is 22.2. The Kier molecular flexibility index (Phi) is 9.78. The minimum atomic E-state index is -0.824. The van der Waals surface area contributed by atoms with Crippen LogP contribution in [-0.4, -0.2) is 78.1 Å². The first kappa shape index (κ1) is 29.1. The number of pyridine rings is 1. The maximum Gasteiger partial charge on any atom is 0.256 e. The Balaban J connectivity index is 0.000000222. The van der Waals surface area contributed by atoms with Crippen molar-refractivity contribution in [1.82, 2.24) is 19.7 Å². The highest BCUT2D eigenvalue weighted by Crippen LogP contribution is 2.31. The molecule has 3 aromatic rings. The van der Waals surface area contributed by atoms with Gasteiger partial charge in [0.15, 0.2) is 0 Å². The van der Waals surface area contributed by atoms with Gasteiger partial charge in [0.1, 0.15) is 29.8 Å². The van der Waals surface area contributed by atoms with Gasteiger partial charge in [-0.15, -0.1) is 5.10 Å². The summed E-state index contributed by atoms with van der Waals surface area (Å²) in [6.07, 6.45) is 4.43. The van der Waals surface area contributed by atoms with Crippen molar-refractivity contribution in [3.05, 3.63) is 59.8 Å². The first-order chi connectivity index (χ1) is 19.3. The van der Waals surface area contributed by atoms with Crippen LogP contribution in [0.2, 0.25) is 5.02 Å². The van der Waals surface area contributed by atoms with Crippen molar-refractivity contribution in [2.75, 3.05) is 45.3 Å². The van der Waals surface area contributed by atoms with Crippen LogP contribution in [0.4, 0.5) is 10.1 Å². The molecule has 1 unspecified atom stereocenters. The van der Waals surface area contributed by atoms with Crippen molar-refractivity contribution in [3.63, 3.8) is 0 Å². The van der Waals surface area contributed by atoms with Crippen molar-refractivity contribution >= 4 is 29.6 Å². The first-order valence-electron chi connectivity index (χ1n) is 12.6. The standard InChI is InChI=1S/C17H18ClFN4O3.C10H13NO3/c1-17(10-26-13-4-2-12(18)3-5-13)8-22(9-17)15(25)7-23-6-14(20-11-24)16(19)21-23;1-12-10-6-8(2-4-11-10)14-9-3-5-13-7-9/h2-6,11H,7-10H2,1H3,(H,20,24);2,4,6,9H,3,5,7H2,1H3. The van der Waals surface area contributed by atoms with E-state index in [2.05, 4.69) is 15.4 Å². The number of methoxy groups -OCH3 is 1. The monoisotopic (exact) mass is 575 g/mol. The van der Waals surface area contributed by atoms with E-state index in [0.717, 1.165) is 24.5 Å². The molecule has 1 N–H and O–H groups in total. The van der Waals surface area contributed by atoms with Gasteiger partial charge >= 0.3 is 0 Å². The van der Waals surface area contributed by atoms with Crippen LogP contribution in [0.5, 0.6) is 17.4 Å². The van der Waals surface area contributed by atoms with Crippen molar-refractivity contribution in [2.45, 2.75) is 26.0 Å². The molecule has 1 aromatic carbocycles. The fourth-order valence-corrected chi connectivity index (χ4v) is 4.31. The van der Waals surface area contributed by atoms with Crippen molar-refractivity contribution in [1.29, 1.82) is 0 Å². The van der Waals surface area contributed by atoms with E-state index in [-0.39, 0.29) is 29.7 Å². The van der Waals surface area contributed by atoms with Crippen LogP contribution < -0.4 is 19.5 Å². The number of halogens is 2. The van der Waals surface area contributed by atoms with Gasteiger partial charge in [-0.1, -0.05) is 18.5 Å². The molecule has 0 bridgehead atoms. The quantitative estimate of drug-likeness (QED) is 0.366. The Hall–Kier alpha value is -3.90. The van der Waals surface area contributed by atoms with Crippen LogP contribution in [-0.2, 0) is 20.9 Å². The molecule has 11 nitrogen and oxygen atoms in total. The van der Waals surface area contributed by atoms with Gasteiger partial charge in [0.2, 0.25) is 18.2 Å². The van der Waals surface area contributed by atoms with Crippen LogP contribution in [0.1, 0.15) is 13.3 Å². The number of benzene rings is 1. The molecule has 2 fully saturated rings. The number of ether oxygens (including phenoxy) is 4. The maximum atomic E-state index is 13.5. The normalized spacial score (nSPS) is 17.2. The fourth-order valence-electron chi connectivity index (χ4n) is 4.18. The number of hydrogen-bond donors (Lipinski definition) is 1. The van der Waals surface area contributed by atoms with Crippen molar-refractivity contribution in [2.24, 2.45) is 5.41 Å². The third-order valence-corrected chi connectivity index (χ3v) is 6.49. The molecule has 214 valence electrons. The second-order valence-electron chi connectivity index (χ2n) is 9.73. The van der Waals surface area contributed by atoms with Crippen LogP contribution >= 0.6 is 11.6 Å². The summed E-state index contributed by atoms with van der Waals surface area (Å²) in [6, 6.07) is 10.7. The van der Waals surface area contributed by atoms with Crippen LogP contribution in [0.15, 0.2) is 48.8 Å². The Morgan fingerprint density at radius 1 is 1.27 bits per heavy atom. The van der Waals surface area contributed by atoms with E-state index in [1.165, 1.54) is 10.9 Å². The summed E-state index contributed by atoms with van der Waals surface area (Å²) in [4.78, 5) is 28.3. The van der Waals surface area contributed by atoms with Gasteiger partial charge in [-0.3, -0.25) is 14.3 Å². The minimum absolute atomic E-state index is 0.0578. The summed E-state index contributed by atoms with van der Waals surface area (Å²) in [5.74, 6) is 1.08. The molecule has 0 aliphatic carbocycles. The molecule has 1 atom stereocenters. The molecule has 40 heavy (non-hydrogen) atoms. The largest absolute Gasteiger partial charge is 0.493 e. The van der Waals surface area contributed by atoms with Gasteiger partial charge in [0.25, 0.3) is 5.95 Å². The van der Waals surface area contributed by atoms with Crippen LogP contribution in [0.3, 0.4) is 0 Å². The second kappa shape index (κ2) is 13.4. The summed E-state index contributed by atoms with van der Waals surface area (Å²) < 4.78 is 36.3. The lowest BCUT2D eigenvalue weighted by Crippen LogP contribution is -2.60. The molecule has 0 saturated carbocycles. The molecule has 2 amide bonds. The number of nitrogens with one attached hydrogen (secondary N) is 1. The predicted molar refractivity (Wildman–Crippen MR) is 144 cm³/mol. The molecule has 0 spiro atoms. The van der Waals surface area contributed by atoms with Gasteiger partial charge < -0.3 is 29.2 Å². The average molecular weight is 576 g/mol. The van der Waals surface area contributed by atoms with Crippen LogP contribution in [0, 0.1) is 11.4 Å². The summed E-state index contributed by atoms with van der Waals surface area (Å²) in [7, 11) is 1.59. The highest BCUT2D eigenvalue weighted by Gasteiger charge is 2.42. The Labute approximate surface area is 236 Å². The predicted octanol–water partition coefficient (Wildman–Crippen LogP) is 3.43. The number of rotatable bonds is 10. The lowest BCUT2D eigenvalue weighted by atomic mass is 9.83. The third kappa shape index (κ3) is 8.06. The number of hydrogen-bond acceptors (Lipinski definition) is 8. The number of aromatic nitrogens is 3. The molecule has 0 radical (unpaired) electrons. The van der Waals surface area contributed by atoms with Crippen molar-refractivity contribution < 1.29 is 32.9 Å². The number of amides is 2. The van der Waals surface area contributed by atoms with E-state index in [0.29, 0.717) is 43.6 Å². The van der Waals surface area contributed by atoms with Crippen molar-refractivity contribution in [3.8, 4) is 17.4 Å². The number of carbonyl (C=O) groups excluding carboxylic acids is 2. The number of likely N-dealkylation sites (tertiary alicyclic amines) is 1. The highest BCUT2D eigenvalue weighted by atomic mass is 35.5. The fraction of sp³-hybridized carbons (Fsp3) is 0.407. The zero-order chi connectivity index (χ0) is 28.5. The Morgan fingerprint density at radius 2 is 2.05 bits per heavy atom. The molecule has 2 aliphatic rings. The Bertz CT molecular complexity index is 1280. The van der Waals surface area contributed by atoms with E-state index in [1.807, 2.05) is 13.0 Å². The maximum absolute atomic E-state index is 13.5. The summed E-state index contributed by atoms with van der Waals surface area (Å²) in [5.41, 5.74) is -0.202. The third-order valence-electron chi connectivity index (χ3n) is 6.23. The SMILES string of the molecule is CC1(COc2ccc(Cl)cc2)CN(C(=O)Cn2cc(NC=O)c(F)n2)C1.COc1cc(OC2CCOC2)ccn1. The number of carbonyl (C=O) groups is 2. The molecular formula is C27H31ClFN5O6. The smallest absolute Gasteiger partial charge is 0.256 e. The molecule has 2 saturated heterocycles. The molecule has 5 rings (SSSR count).